The fraction of sp³-hybridized carbons (Fsp3) is 0.400. The van der Waals surface area contributed by atoms with Crippen LogP contribution in [-0.4, -0.2) is 30.4 Å². The molecule has 0 bridgehead atoms. The lowest BCUT2D eigenvalue weighted by molar-refractivity contribution is -0.117. The summed E-state index contributed by atoms with van der Waals surface area (Å²) in [4.78, 5) is 14.0. The van der Waals surface area contributed by atoms with Crippen LogP contribution in [0.4, 0.5) is 5.69 Å². The number of carbonyl (C=O) groups excluding carboxylic acids is 1. The minimum absolute atomic E-state index is 0.0338. The molecule has 0 saturated heterocycles. The van der Waals surface area contributed by atoms with Gasteiger partial charge in [-0.1, -0.05) is 36.7 Å². The lowest BCUT2D eigenvalue weighted by atomic mass is 10.2. The molecule has 1 N–H and O–H groups in total. The second-order valence-corrected chi connectivity index (χ2v) is 5.13. The molecule has 0 aliphatic heterocycles. The van der Waals surface area contributed by atoms with Crippen LogP contribution in [0.15, 0.2) is 30.4 Å². The Morgan fingerprint density at radius 3 is 2.68 bits per heavy atom. The zero-order valence-electron chi connectivity index (χ0n) is 11.8. The molecule has 0 atom stereocenters. The van der Waals surface area contributed by atoms with Gasteiger partial charge in [-0.05, 0) is 38.1 Å². The molecular weight excluding hydrogens is 260 g/mol. The molecule has 0 aliphatic rings. The van der Waals surface area contributed by atoms with Crippen molar-refractivity contribution in [3.63, 3.8) is 0 Å². The number of hydrogen-bond acceptors (Lipinski definition) is 2. The Morgan fingerprint density at radius 2 is 2.11 bits per heavy atom. The number of nitrogens with zero attached hydrogens (tertiary/aromatic N) is 1. The predicted octanol–water partition coefficient (Wildman–Crippen LogP) is 3.48. The van der Waals surface area contributed by atoms with Crippen LogP contribution in [0.2, 0.25) is 5.02 Å². The zero-order valence-corrected chi connectivity index (χ0v) is 12.5. The van der Waals surface area contributed by atoms with Crippen molar-refractivity contribution in [2.24, 2.45) is 0 Å². The molecule has 1 amide bonds. The molecule has 4 heteroatoms. The van der Waals surface area contributed by atoms with E-state index in [2.05, 4.69) is 11.9 Å². The Balaban J connectivity index is 2.64. The maximum Gasteiger partial charge on any atom is 0.238 e. The SMILES string of the molecule is C=C(C)CN(CC)CC(=O)Nc1cccc(Cl)c1C. The Bertz CT molecular complexity index is 471. The molecule has 0 aliphatic carbocycles. The van der Waals surface area contributed by atoms with Crippen LogP contribution in [0.1, 0.15) is 19.4 Å². The normalized spacial score (nSPS) is 10.6. The molecule has 19 heavy (non-hydrogen) atoms. The smallest absolute Gasteiger partial charge is 0.238 e. The van der Waals surface area contributed by atoms with E-state index >= 15 is 0 Å². The Kier molecular flexibility index (Phi) is 6.06. The Hall–Kier alpha value is -1.32. The lowest BCUT2D eigenvalue weighted by Crippen LogP contribution is -2.34. The molecule has 0 heterocycles. The summed E-state index contributed by atoms with van der Waals surface area (Å²) in [6.07, 6.45) is 0. The molecule has 0 fully saturated rings. The van der Waals surface area contributed by atoms with Gasteiger partial charge in [0.15, 0.2) is 0 Å². The number of benzene rings is 1. The van der Waals surface area contributed by atoms with Crippen molar-refractivity contribution in [2.45, 2.75) is 20.8 Å². The second kappa shape index (κ2) is 7.31. The molecule has 0 spiro atoms. The summed E-state index contributed by atoms with van der Waals surface area (Å²) in [5.41, 5.74) is 2.71. The van der Waals surface area contributed by atoms with Crippen LogP contribution >= 0.6 is 11.6 Å². The maximum absolute atomic E-state index is 12.0. The van der Waals surface area contributed by atoms with Gasteiger partial charge >= 0.3 is 0 Å². The summed E-state index contributed by atoms with van der Waals surface area (Å²) in [7, 11) is 0. The minimum atomic E-state index is -0.0338. The van der Waals surface area contributed by atoms with Crippen LogP contribution in [0.5, 0.6) is 0 Å². The van der Waals surface area contributed by atoms with Gasteiger partial charge in [-0.3, -0.25) is 9.69 Å². The molecule has 1 aromatic rings. The highest BCUT2D eigenvalue weighted by Crippen LogP contribution is 2.22. The van der Waals surface area contributed by atoms with Gasteiger partial charge in [0.1, 0.15) is 0 Å². The van der Waals surface area contributed by atoms with Crippen molar-refractivity contribution in [3.05, 3.63) is 40.9 Å². The molecule has 3 nitrogen and oxygen atoms in total. The van der Waals surface area contributed by atoms with Crippen molar-refractivity contribution in [1.29, 1.82) is 0 Å². The van der Waals surface area contributed by atoms with Gasteiger partial charge in [0.2, 0.25) is 5.91 Å². The quantitative estimate of drug-likeness (QED) is 0.809. The highest BCUT2D eigenvalue weighted by Gasteiger charge is 2.11. The van der Waals surface area contributed by atoms with Gasteiger partial charge in [0.05, 0.1) is 6.54 Å². The van der Waals surface area contributed by atoms with E-state index < -0.39 is 0 Å². The van der Waals surface area contributed by atoms with E-state index in [9.17, 15) is 4.79 Å². The van der Waals surface area contributed by atoms with Crippen LogP contribution in [0, 0.1) is 6.92 Å². The summed E-state index contributed by atoms with van der Waals surface area (Å²) in [6, 6.07) is 5.50. The van der Waals surface area contributed by atoms with Crippen molar-refractivity contribution in [1.82, 2.24) is 4.90 Å². The first kappa shape index (κ1) is 15.7. The van der Waals surface area contributed by atoms with Gasteiger partial charge in [0.25, 0.3) is 0 Å². The summed E-state index contributed by atoms with van der Waals surface area (Å²) < 4.78 is 0. The van der Waals surface area contributed by atoms with E-state index in [-0.39, 0.29) is 5.91 Å². The van der Waals surface area contributed by atoms with E-state index in [1.54, 1.807) is 0 Å². The summed E-state index contributed by atoms with van der Waals surface area (Å²) >= 11 is 6.03. The van der Waals surface area contributed by atoms with Crippen molar-refractivity contribution >= 4 is 23.2 Å². The summed E-state index contributed by atoms with van der Waals surface area (Å²) in [6.45, 7) is 11.7. The van der Waals surface area contributed by atoms with Crippen LogP contribution < -0.4 is 5.32 Å². The molecule has 1 aromatic carbocycles. The summed E-state index contributed by atoms with van der Waals surface area (Å²) in [5.74, 6) is -0.0338. The molecule has 0 saturated carbocycles. The number of carbonyl (C=O) groups is 1. The average Bonchev–Trinajstić information content (AvgIpc) is 2.33. The standard InChI is InChI=1S/C15H21ClN2O/c1-5-18(9-11(2)3)10-15(19)17-14-8-6-7-13(16)12(14)4/h6-8H,2,5,9-10H2,1,3-4H3,(H,17,19). The predicted molar refractivity (Wildman–Crippen MR) is 81.7 cm³/mol. The highest BCUT2D eigenvalue weighted by atomic mass is 35.5. The van der Waals surface area contributed by atoms with E-state index in [0.717, 1.165) is 29.9 Å². The minimum Gasteiger partial charge on any atom is -0.325 e. The molecular formula is C15H21ClN2O. The molecule has 104 valence electrons. The van der Waals surface area contributed by atoms with E-state index in [0.29, 0.717) is 11.6 Å². The third-order valence-electron chi connectivity index (χ3n) is 2.85. The van der Waals surface area contributed by atoms with Gasteiger partial charge in [-0.2, -0.15) is 0 Å². The maximum atomic E-state index is 12.0. The average molecular weight is 281 g/mol. The fourth-order valence-corrected chi connectivity index (χ4v) is 1.97. The number of amides is 1. The van der Waals surface area contributed by atoms with E-state index in [4.69, 9.17) is 11.6 Å². The first-order valence-electron chi connectivity index (χ1n) is 6.35. The third-order valence-corrected chi connectivity index (χ3v) is 3.26. The van der Waals surface area contributed by atoms with Crippen molar-refractivity contribution < 1.29 is 4.79 Å². The summed E-state index contributed by atoms with van der Waals surface area (Å²) in [5, 5.41) is 3.55. The zero-order chi connectivity index (χ0) is 14.4. The van der Waals surface area contributed by atoms with E-state index in [1.165, 1.54) is 0 Å². The Labute approximate surface area is 120 Å². The van der Waals surface area contributed by atoms with Crippen LogP contribution in [-0.2, 0) is 4.79 Å². The Morgan fingerprint density at radius 1 is 1.42 bits per heavy atom. The third kappa shape index (κ3) is 5.05. The number of likely N-dealkylation sites (N-methyl/N-ethyl adjacent to an activating group) is 1. The molecule has 0 aromatic heterocycles. The number of hydrogen-bond donors (Lipinski definition) is 1. The van der Waals surface area contributed by atoms with Crippen molar-refractivity contribution in [2.75, 3.05) is 25.0 Å². The number of anilines is 1. The number of nitrogens with one attached hydrogen (secondary N) is 1. The van der Waals surface area contributed by atoms with Gasteiger partial charge < -0.3 is 5.32 Å². The van der Waals surface area contributed by atoms with Gasteiger partial charge in [0, 0.05) is 17.3 Å². The first-order valence-corrected chi connectivity index (χ1v) is 6.73. The fourth-order valence-electron chi connectivity index (χ4n) is 1.80. The second-order valence-electron chi connectivity index (χ2n) is 4.72. The highest BCUT2D eigenvalue weighted by molar-refractivity contribution is 6.31. The van der Waals surface area contributed by atoms with E-state index in [1.807, 2.05) is 43.9 Å². The van der Waals surface area contributed by atoms with Gasteiger partial charge in [-0.25, -0.2) is 0 Å². The van der Waals surface area contributed by atoms with Gasteiger partial charge in [-0.15, -0.1) is 0 Å². The molecule has 0 radical (unpaired) electrons. The molecule has 0 unspecified atom stereocenters. The monoisotopic (exact) mass is 280 g/mol. The first-order chi connectivity index (χ1) is 8.93. The number of halogens is 1. The van der Waals surface area contributed by atoms with Crippen LogP contribution in [0.3, 0.4) is 0 Å². The van der Waals surface area contributed by atoms with Crippen molar-refractivity contribution in [3.8, 4) is 0 Å². The molecule has 1 rings (SSSR count). The number of rotatable bonds is 6. The lowest BCUT2D eigenvalue weighted by Gasteiger charge is -2.20. The van der Waals surface area contributed by atoms with Crippen LogP contribution in [0.25, 0.3) is 0 Å². The largest absolute Gasteiger partial charge is 0.325 e. The topological polar surface area (TPSA) is 32.3 Å².